The van der Waals surface area contributed by atoms with Crippen LogP contribution in [0.5, 0.6) is 0 Å². The molecular formula is C10H16N4O4. The molecule has 1 amide bonds. The van der Waals surface area contributed by atoms with Crippen LogP contribution in [0.4, 0.5) is 0 Å². The lowest BCUT2D eigenvalue weighted by Crippen LogP contribution is -2.27. The number of hydrogen-bond donors (Lipinski definition) is 1. The molecule has 8 nitrogen and oxygen atoms in total. The summed E-state index contributed by atoms with van der Waals surface area (Å²) in [6.45, 7) is 0.302. The number of aromatic nitrogens is 3. The first-order valence-corrected chi connectivity index (χ1v) is 5.32. The SMILES string of the molecule is COCCc1c(C(=O)O)nnn1CC(=O)N(C)C. The van der Waals surface area contributed by atoms with Gasteiger partial charge < -0.3 is 14.7 Å². The summed E-state index contributed by atoms with van der Waals surface area (Å²) in [6.07, 6.45) is 0.339. The first kappa shape index (κ1) is 14.1. The third kappa shape index (κ3) is 3.27. The molecule has 0 aliphatic rings. The van der Waals surface area contributed by atoms with Crippen LogP contribution >= 0.6 is 0 Å². The van der Waals surface area contributed by atoms with Crippen molar-refractivity contribution in [3.63, 3.8) is 0 Å². The highest BCUT2D eigenvalue weighted by atomic mass is 16.5. The molecule has 0 unspecified atom stereocenters. The average molecular weight is 256 g/mol. The molecule has 1 aromatic rings. The molecule has 0 aliphatic heterocycles. The molecular weight excluding hydrogens is 240 g/mol. The second-order valence-corrected chi connectivity index (χ2v) is 3.88. The lowest BCUT2D eigenvalue weighted by atomic mass is 10.2. The van der Waals surface area contributed by atoms with Gasteiger partial charge in [0.15, 0.2) is 5.69 Å². The minimum atomic E-state index is -1.16. The highest BCUT2D eigenvalue weighted by Gasteiger charge is 2.20. The normalized spacial score (nSPS) is 10.4. The molecule has 0 fully saturated rings. The maximum atomic E-state index is 11.6. The van der Waals surface area contributed by atoms with Crippen LogP contribution in [0.3, 0.4) is 0 Å². The summed E-state index contributed by atoms with van der Waals surface area (Å²) in [5, 5.41) is 16.2. The van der Waals surface area contributed by atoms with Crippen molar-refractivity contribution in [2.24, 2.45) is 0 Å². The first-order chi connectivity index (χ1) is 8.47. The molecule has 1 N–H and O–H groups in total. The van der Waals surface area contributed by atoms with E-state index in [1.54, 1.807) is 14.1 Å². The van der Waals surface area contributed by atoms with Gasteiger partial charge in [0, 0.05) is 27.6 Å². The third-order valence-electron chi connectivity index (χ3n) is 2.37. The fourth-order valence-corrected chi connectivity index (χ4v) is 1.34. The van der Waals surface area contributed by atoms with Gasteiger partial charge in [-0.25, -0.2) is 9.48 Å². The second kappa shape index (κ2) is 6.10. The van der Waals surface area contributed by atoms with E-state index in [-0.39, 0.29) is 18.1 Å². The molecule has 0 atom stereocenters. The summed E-state index contributed by atoms with van der Waals surface area (Å²) in [5.41, 5.74) is 0.248. The highest BCUT2D eigenvalue weighted by Crippen LogP contribution is 2.07. The van der Waals surface area contributed by atoms with Crippen LogP contribution in [0.25, 0.3) is 0 Å². The Hall–Kier alpha value is -1.96. The largest absolute Gasteiger partial charge is 0.476 e. The van der Waals surface area contributed by atoms with E-state index in [4.69, 9.17) is 9.84 Å². The number of hydrogen-bond acceptors (Lipinski definition) is 5. The van der Waals surface area contributed by atoms with Crippen molar-refractivity contribution in [1.29, 1.82) is 0 Å². The van der Waals surface area contributed by atoms with Crippen LogP contribution in [0.2, 0.25) is 0 Å². The Morgan fingerprint density at radius 2 is 2.11 bits per heavy atom. The molecule has 0 saturated carbocycles. The number of carboxylic acid groups (broad SMARTS) is 1. The number of carbonyl (C=O) groups is 2. The summed E-state index contributed by atoms with van der Waals surface area (Å²) in [6, 6.07) is 0. The smallest absolute Gasteiger partial charge is 0.358 e. The molecule has 18 heavy (non-hydrogen) atoms. The van der Waals surface area contributed by atoms with Crippen LogP contribution in [0, 0.1) is 0 Å². The minimum Gasteiger partial charge on any atom is -0.476 e. The molecule has 8 heteroatoms. The molecule has 0 bridgehead atoms. The van der Waals surface area contributed by atoms with Crippen molar-refractivity contribution in [2.75, 3.05) is 27.8 Å². The van der Waals surface area contributed by atoms with E-state index in [9.17, 15) is 9.59 Å². The molecule has 1 rings (SSSR count). The molecule has 100 valence electrons. The van der Waals surface area contributed by atoms with Crippen LogP contribution < -0.4 is 0 Å². The predicted octanol–water partition coefficient (Wildman–Crippen LogP) is -0.747. The van der Waals surface area contributed by atoms with Crippen LogP contribution in [0.15, 0.2) is 0 Å². The van der Waals surface area contributed by atoms with E-state index in [0.717, 1.165) is 0 Å². The molecule has 0 aliphatic carbocycles. The molecule has 0 saturated heterocycles. The fourth-order valence-electron chi connectivity index (χ4n) is 1.34. The van der Waals surface area contributed by atoms with Crippen molar-refractivity contribution < 1.29 is 19.4 Å². The lowest BCUT2D eigenvalue weighted by Gasteiger charge is -2.11. The second-order valence-electron chi connectivity index (χ2n) is 3.88. The van der Waals surface area contributed by atoms with Gasteiger partial charge in [-0.05, 0) is 0 Å². The zero-order chi connectivity index (χ0) is 13.7. The standard InChI is InChI=1S/C10H16N4O4/c1-13(2)8(15)6-14-7(4-5-18-3)9(10(16)17)11-12-14/h4-6H2,1-3H3,(H,16,17). The van der Waals surface area contributed by atoms with Gasteiger partial charge in [0.05, 0.1) is 12.3 Å². The quantitative estimate of drug-likeness (QED) is 0.719. The Morgan fingerprint density at radius 1 is 1.44 bits per heavy atom. The fraction of sp³-hybridized carbons (Fsp3) is 0.600. The third-order valence-corrected chi connectivity index (χ3v) is 2.37. The van der Waals surface area contributed by atoms with Crippen LogP contribution in [-0.4, -0.2) is 64.7 Å². The first-order valence-electron chi connectivity index (χ1n) is 5.32. The topological polar surface area (TPSA) is 97.5 Å². The van der Waals surface area contributed by atoms with Gasteiger partial charge in [-0.2, -0.15) is 0 Å². The van der Waals surface area contributed by atoms with E-state index < -0.39 is 5.97 Å². The van der Waals surface area contributed by atoms with Crippen molar-refractivity contribution in [3.8, 4) is 0 Å². The summed E-state index contributed by atoms with van der Waals surface area (Å²) >= 11 is 0. The lowest BCUT2D eigenvalue weighted by molar-refractivity contribution is -0.129. The Morgan fingerprint density at radius 3 is 2.61 bits per heavy atom. The minimum absolute atomic E-state index is 0.0354. The molecule has 0 radical (unpaired) electrons. The van der Waals surface area contributed by atoms with Crippen LogP contribution in [0.1, 0.15) is 16.2 Å². The van der Waals surface area contributed by atoms with Gasteiger partial charge in [-0.15, -0.1) is 5.10 Å². The zero-order valence-electron chi connectivity index (χ0n) is 10.6. The van der Waals surface area contributed by atoms with E-state index in [0.29, 0.717) is 18.7 Å². The van der Waals surface area contributed by atoms with Gasteiger partial charge >= 0.3 is 5.97 Å². The van der Waals surface area contributed by atoms with Gasteiger partial charge in [-0.1, -0.05) is 5.21 Å². The van der Waals surface area contributed by atoms with Crippen molar-refractivity contribution in [1.82, 2.24) is 19.9 Å². The van der Waals surface area contributed by atoms with E-state index in [2.05, 4.69) is 10.3 Å². The van der Waals surface area contributed by atoms with Crippen LogP contribution in [-0.2, 0) is 22.5 Å². The monoisotopic (exact) mass is 256 g/mol. The van der Waals surface area contributed by atoms with E-state index in [1.165, 1.54) is 16.7 Å². The maximum Gasteiger partial charge on any atom is 0.358 e. The maximum absolute atomic E-state index is 11.6. The number of amides is 1. The molecule has 0 spiro atoms. The number of carbonyl (C=O) groups excluding carboxylic acids is 1. The summed E-state index contributed by atoms with van der Waals surface area (Å²) in [7, 11) is 4.75. The van der Waals surface area contributed by atoms with Crippen molar-refractivity contribution in [2.45, 2.75) is 13.0 Å². The Bertz CT molecular complexity index is 441. The number of rotatable bonds is 6. The summed E-state index contributed by atoms with van der Waals surface area (Å²) in [4.78, 5) is 23.9. The van der Waals surface area contributed by atoms with Gasteiger partial charge in [0.25, 0.3) is 0 Å². The van der Waals surface area contributed by atoms with E-state index >= 15 is 0 Å². The zero-order valence-corrected chi connectivity index (χ0v) is 10.6. The predicted molar refractivity (Wildman–Crippen MR) is 61.3 cm³/mol. The van der Waals surface area contributed by atoms with Gasteiger partial charge in [0.1, 0.15) is 6.54 Å². The average Bonchev–Trinajstić information content (AvgIpc) is 2.69. The Balaban J connectivity index is 2.96. The Labute approximate surface area is 104 Å². The number of nitrogens with zero attached hydrogens (tertiary/aromatic N) is 4. The Kier molecular flexibility index (Phi) is 4.78. The number of aromatic carboxylic acids is 1. The van der Waals surface area contributed by atoms with Crippen molar-refractivity contribution >= 4 is 11.9 Å². The molecule has 0 aromatic carbocycles. The van der Waals surface area contributed by atoms with Gasteiger partial charge in [-0.3, -0.25) is 4.79 Å². The number of methoxy groups -OCH3 is 1. The van der Waals surface area contributed by atoms with Crippen molar-refractivity contribution in [3.05, 3.63) is 11.4 Å². The number of ether oxygens (including phenoxy) is 1. The number of likely N-dealkylation sites (N-methyl/N-ethyl adjacent to an activating group) is 1. The summed E-state index contributed by atoms with van der Waals surface area (Å²) in [5.74, 6) is -1.35. The van der Waals surface area contributed by atoms with E-state index in [1.807, 2.05) is 0 Å². The molecule has 1 heterocycles. The highest BCUT2D eigenvalue weighted by molar-refractivity contribution is 5.86. The summed E-state index contributed by atoms with van der Waals surface area (Å²) < 4.78 is 6.20. The number of carboxylic acids is 1. The molecule has 1 aromatic heterocycles. The van der Waals surface area contributed by atoms with Gasteiger partial charge in [0.2, 0.25) is 5.91 Å².